The van der Waals surface area contributed by atoms with Gasteiger partial charge in [0.1, 0.15) is 11.5 Å². The lowest BCUT2D eigenvalue weighted by molar-refractivity contribution is -0.115. The van der Waals surface area contributed by atoms with E-state index in [2.05, 4.69) is 15.6 Å². The smallest absolute Gasteiger partial charge is 0.270 e. The lowest BCUT2D eigenvalue weighted by Crippen LogP contribution is -2.28. The molecule has 1 atom stereocenters. The number of halogens is 1. The molecular weight excluding hydrogens is 403 g/mol. The predicted octanol–water partition coefficient (Wildman–Crippen LogP) is 4.57. The largest absolute Gasteiger partial charge is 0.344 e. The standard InChI is InChI=1S/C22H23FN4O2S/c1-4-20(28)26-17-9-5-15(6-10-17)14(2)25-21(29)19-13-24-22(30-3)27(19)18-11-7-16(23)8-12-18/h5-14H,4H2,1-3H3,(H,25,29)(H,26,28). The van der Waals surface area contributed by atoms with Crippen molar-refractivity contribution in [3.05, 3.63) is 71.8 Å². The fraction of sp³-hybridized carbons (Fsp3) is 0.227. The summed E-state index contributed by atoms with van der Waals surface area (Å²) in [6, 6.07) is 13.0. The lowest BCUT2D eigenvalue weighted by atomic mass is 10.1. The third-order valence-corrected chi connectivity index (χ3v) is 5.25. The number of rotatable bonds is 7. The first-order valence-electron chi connectivity index (χ1n) is 9.51. The van der Waals surface area contributed by atoms with Gasteiger partial charge >= 0.3 is 0 Å². The Bertz CT molecular complexity index is 1030. The highest BCUT2D eigenvalue weighted by atomic mass is 32.2. The Balaban J connectivity index is 1.78. The van der Waals surface area contributed by atoms with E-state index < -0.39 is 0 Å². The van der Waals surface area contributed by atoms with Crippen LogP contribution in [0.2, 0.25) is 0 Å². The van der Waals surface area contributed by atoms with Crippen molar-refractivity contribution in [1.29, 1.82) is 0 Å². The first kappa shape index (κ1) is 21.6. The summed E-state index contributed by atoms with van der Waals surface area (Å²) in [5.41, 5.74) is 2.63. The molecule has 0 aliphatic carbocycles. The molecule has 2 N–H and O–H groups in total. The number of carbonyl (C=O) groups excluding carboxylic acids is 2. The molecule has 0 saturated carbocycles. The Morgan fingerprint density at radius 1 is 1.13 bits per heavy atom. The Morgan fingerprint density at radius 2 is 1.80 bits per heavy atom. The van der Waals surface area contributed by atoms with Crippen LogP contribution in [0.4, 0.5) is 10.1 Å². The van der Waals surface area contributed by atoms with Gasteiger partial charge in [-0.15, -0.1) is 0 Å². The number of nitrogens with one attached hydrogen (secondary N) is 2. The molecule has 2 aromatic carbocycles. The summed E-state index contributed by atoms with van der Waals surface area (Å²) >= 11 is 1.40. The van der Waals surface area contributed by atoms with Crippen LogP contribution in [0.1, 0.15) is 42.4 Å². The van der Waals surface area contributed by atoms with Crippen LogP contribution in [0.5, 0.6) is 0 Å². The lowest BCUT2D eigenvalue weighted by Gasteiger charge is -2.16. The average Bonchev–Trinajstić information content (AvgIpc) is 3.19. The van der Waals surface area contributed by atoms with E-state index >= 15 is 0 Å². The van der Waals surface area contributed by atoms with Crippen LogP contribution < -0.4 is 10.6 Å². The SMILES string of the molecule is CCC(=O)Nc1ccc(C(C)NC(=O)c2cnc(SC)n2-c2ccc(F)cc2)cc1. The van der Waals surface area contributed by atoms with Crippen molar-refractivity contribution in [2.24, 2.45) is 0 Å². The van der Waals surface area contributed by atoms with Crippen LogP contribution in [0.15, 0.2) is 59.9 Å². The first-order valence-corrected chi connectivity index (χ1v) is 10.7. The van der Waals surface area contributed by atoms with E-state index in [9.17, 15) is 14.0 Å². The molecule has 3 rings (SSSR count). The quantitative estimate of drug-likeness (QED) is 0.543. The molecule has 1 heterocycles. The van der Waals surface area contributed by atoms with Crippen molar-refractivity contribution in [3.8, 4) is 5.69 Å². The molecule has 1 aromatic heterocycles. The van der Waals surface area contributed by atoms with Crippen molar-refractivity contribution < 1.29 is 14.0 Å². The van der Waals surface area contributed by atoms with Crippen LogP contribution in [0.25, 0.3) is 5.69 Å². The van der Waals surface area contributed by atoms with Gasteiger partial charge in [0.15, 0.2) is 5.16 Å². The maximum absolute atomic E-state index is 13.3. The number of hydrogen-bond acceptors (Lipinski definition) is 4. The molecule has 2 amide bonds. The monoisotopic (exact) mass is 426 g/mol. The molecular formula is C22H23FN4O2S. The van der Waals surface area contributed by atoms with Gasteiger partial charge in [0, 0.05) is 17.8 Å². The summed E-state index contributed by atoms with van der Waals surface area (Å²) in [5.74, 6) is -0.687. The second kappa shape index (κ2) is 9.58. The van der Waals surface area contributed by atoms with E-state index in [0.717, 1.165) is 5.56 Å². The fourth-order valence-corrected chi connectivity index (χ4v) is 3.48. The Morgan fingerprint density at radius 3 is 2.40 bits per heavy atom. The van der Waals surface area contributed by atoms with Gasteiger partial charge in [-0.05, 0) is 55.1 Å². The molecule has 30 heavy (non-hydrogen) atoms. The number of amides is 2. The second-order valence-electron chi connectivity index (χ2n) is 6.66. The van der Waals surface area contributed by atoms with Crippen LogP contribution >= 0.6 is 11.8 Å². The van der Waals surface area contributed by atoms with E-state index in [1.165, 1.54) is 30.1 Å². The number of carbonyl (C=O) groups is 2. The fourth-order valence-electron chi connectivity index (χ4n) is 2.94. The topological polar surface area (TPSA) is 76.0 Å². The van der Waals surface area contributed by atoms with E-state index in [1.807, 2.05) is 25.3 Å². The summed E-state index contributed by atoms with van der Waals surface area (Å²) in [4.78, 5) is 28.8. The molecule has 0 aliphatic heterocycles. The second-order valence-corrected chi connectivity index (χ2v) is 7.43. The maximum atomic E-state index is 13.3. The average molecular weight is 427 g/mol. The Hall–Kier alpha value is -3.13. The van der Waals surface area contributed by atoms with Gasteiger partial charge in [-0.3, -0.25) is 14.2 Å². The van der Waals surface area contributed by atoms with Crippen molar-refractivity contribution in [2.75, 3.05) is 11.6 Å². The minimum Gasteiger partial charge on any atom is -0.344 e. The molecule has 156 valence electrons. The summed E-state index contributed by atoms with van der Waals surface area (Å²) in [7, 11) is 0. The summed E-state index contributed by atoms with van der Waals surface area (Å²) in [6.45, 7) is 3.67. The zero-order valence-corrected chi connectivity index (χ0v) is 17.8. The van der Waals surface area contributed by atoms with Crippen molar-refractivity contribution in [3.63, 3.8) is 0 Å². The van der Waals surface area contributed by atoms with Gasteiger partial charge in [0.05, 0.1) is 12.2 Å². The number of hydrogen-bond donors (Lipinski definition) is 2. The van der Waals surface area contributed by atoms with Gasteiger partial charge in [-0.1, -0.05) is 30.8 Å². The minimum atomic E-state index is -0.345. The van der Waals surface area contributed by atoms with E-state index in [1.54, 1.807) is 35.8 Å². The van der Waals surface area contributed by atoms with Gasteiger partial charge in [-0.2, -0.15) is 0 Å². The molecule has 1 unspecified atom stereocenters. The predicted molar refractivity (Wildman–Crippen MR) is 117 cm³/mol. The highest BCUT2D eigenvalue weighted by Crippen LogP contribution is 2.23. The van der Waals surface area contributed by atoms with Gasteiger partial charge in [0.25, 0.3) is 5.91 Å². The number of imidazole rings is 1. The highest BCUT2D eigenvalue weighted by Gasteiger charge is 2.20. The van der Waals surface area contributed by atoms with Crippen molar-refractivity contribution in [2.45, 2.75) is 31.5 Å². The Labute approximate surface area is 178 Å². The molecule has 0 bridgehead atoms. The number of nitrogens with zero attached hydrogens (tertiary/aromatic N) is 2. The van der Waals surface area contributed by atoms with Gasteiger partial charge < -0.3 is 10.6 Å². The third-order valence-electron chi connectivity index (χ3n) is 4.59. The number of anilines is 1. The summed E-state index contributed by atoms with van der Waals surface area (Å²) in [5, 5.41) is 6.40. The molecule has 6 nitrogen and oxygen atoms in total. The van der Waals surface area contributed by atoms with Gasteiger partial charge in [0.2, 0.25) is 5.91 Å². The molecule has 0 aliphatic rings. The molecule has 0 spiro atoms. The molecule has 3 aromatic rings. The first-order chi connectivity index (χ1) is 14.4. The van der Waals surface area contributed by atoms with Crippen LogP contribution in [-0.2, 0) is 4.79 Å². The molecule has 0 radical (unpaired) electrons. The molecule has 8 heteroatoms. The maximum Gasteiger partial charge on any atom is 0.270 e. The number of benzene rings is 2. The third kappa shape index (κ3) is 4.88. The van der Waals surface area contributed by atoms with E-state index in [-0.39, 0.29) is 23.7 Å². The van der Waals surface area contributed by atoms with Crippen LogP contribution in [0, 0.1) is 5.82 Å². The normalized spacial score (nSPS) is 11.7. The van der Waals surface area contributed by atoms with E-state index in [0.29, 0.717) is 28.6 Å². The van der Waals surface area contributed by atoms with Crippen molar-refractivity contribution in [1.82, 2.24) is 14.9 Å². The highest BCUT2D eigenvalue weighted by molar-refractivity contribution is 7.98. The van der Waals surface area contributed by atoms with E-state index in [4.69, 9.17) is 0 Å². The minimum absolute atomic E-state index is 0.0530. The van der Waals surface area contributed by atoms with Crippen LogP contribution in [-0.4, -0.2) is 27.6 Å². The zero-order chi connectivity index (χ0) is 21.7. The van der Waals surface area contributed by atoms with Crippen molar-refractivity contribution >= 4 is 29.3 Å². The van der Waals surface area contributed by atoms with Gasteiger partial charge in [-0.25, -0.2) is 9.37 Å². The summed E-state index contributed by atoms with van der Waals surface area (Å²) in [6.07, 6.45) is 3.79. The summed E-state index contributed by atoms with van der Waals surface area (Å²) < 4.78 is 15.0. The number of aromatic nitrogens is 2. The molecule has 0 saturated heterocycles. The van der Waals surface area contributed by atoms with Crippen LogP contribution in [0.3, 0.4) is 0 Å². The zero-order valence-electron chi connectivity index (χ0n) is 17.0. The Kier molecular flexibility index (Phi) is 6.89. The number of thioether (sulfide) groups is 1. The molecule has 0 fully saturated rings.